The predicted molar refractivity (Wildman–Crippen MR) is 82.4 cm³/mol. The maximum atomic E-state index is 10.8. The van der Waals surface area contributed by atoms with Crippen LogP contribution >= 0.6 is 0 Å². The number of ether oxygens (including phenoxy) is 4. The van der Waals surface area contributed by atoms with E-state index in [4.69, 9.17) is 18.9 Å². The highest BCUT2D eigenvalue weighted by molar-refractivity contribution is 5.76. The van der Waals surface area contributed by atoms with Crippen molar-refractivity contribution >= 4 is 6.29 Å². The van der Waals surface area contributed by atoms with Crippen LogP contribution < -0.4 is 18.9 Å². The normalized spacial score (nSPS) is 9.91. The molecule has 0 amide bonds. The van der Waals surface area contributed by atoms with Crippen molar-refractivity contribution in [1.29, 1.82) is 0 Å². The van der Waals surface area contributed by atoms with Gasteiger partial charge in [0.1, 0.15) is 31.0 Å². The van der Waals surface area contributed by atoms with Crippen molar-refractivity contribution in [1.82, 2.24) is 0 Å². The molecule has 0 N–H and O–H groups in total. The monoisotopic (exact) mass is 302 g/mol. The highest BCUT2D eigenvalue weighted by atomic mass is 16.5. The van der Waals surface area contributed by atoms with Crippen molar-refractivity contribution in [2.24, 2.45) is 0 Å². The molecule has 0 saturated heterocycles. The van der Waals surface area contributed by atoms with Crippen molar-refractivity contribution < 1.29 is 23.7 Å². The Bertz CT molecular complexity index is 624. The van der Waals surface area contributed by atoms with E-state index in [9.17, 15) is 4.79 Å². The molecule has 0 bridgehead atoms. The summed E-state index contributed by atoms with van der Waals surface area (Å²) in [6.07, 6.45) is 0.763. The molecule has 0 unspecified atom stereocenters. The van der Waals surface area contributed by atoms with Gasteiger partial charge >= 0.3 is 0 Å². The molecule has 116 valence electrons. The van der Waals surface area contributed by atoms with Crippen molar-refractivity contribution in [3.05, 3.63) is 48.0 Å². The first-order valence-electron chi connectivity index (χ1n) is 6.79. The molecule has 0 heterocycles. The second kappa shape index (κ2) is 7.93. The van der Waals surface area contributed by atoms with Crippen LogP contribution in [-0.2, 0) is 0 Å². The Hall–Kier alpha value is -2.69. The van der Waals surface area contributed by atoms with Gasteiger partial charge in [-0.2, -0.15) is 0 Å². The molecule has 0 radical (unpaired) electrons. The van der Waals surface area contributed by atoms with Gasteiger partial charge in [0.25, 0.3) is 0 Å². The summed E-state index contributed by atoms with van der Waals surface area (Å²) in [6, 6.07) is 12.3. The first-order chi connectivity index (χ1) is 10.8. The lowest BCUT2D eigenvalue weighted by Crippen LogP contribution is -2.09. The Morgan fingerprint density at radius 2 is 1.64 bits per heavy atom. The van der Waals surface area contributed by atoms with Gasteiger partial charge in [-0.3, -0.25) is 4.79 Å². The zero-order chi connectivity index (χ0) is 15.8. The van der Waals surface area contributed by atoms with Gasteiger partial charge in [-0.15, -0.1) is 0 Å². The average Bonchev–Trinajstić information content (AvgIpc) is 2.58. The van der Waals surface area contributed by atoms with Crippen LogP contribution in [0.25, 0.3) is 0 Å². The lowest BCUT2D eigenvalue weighted by molar-refractivity contribution is 0.112. The summed E-state index contributed by atoms with van der Waals surface area (Å²) in [7, 11) is 3.16. The Morgan fingerprint density at radius 1 is 0.864 bits per heavy atom. The molecule has 0 aliphatic carbocycles. The highest BCUT2D eigenvalue weighted by Gasteiger charge is 2.06. The number of rotatable bonds is 8. The molecule has 0 atom stereocenters. The van der Waals surface area contributed by atoms with E-state index in [2.05, 4.69) is 0 Å². The van der Waals surface area contributed by atoms with Crippen molar-refractivity contribution in [2.45, 2.75) is 0 Å². The molecule has 5 nitrogen and oxygen atoms in total. The molecular formula is C17H18O5. The summed E-state index contributed by atoms with van der Waals surface area (Å²) in [5.41, 5.74) is 0.532. The summed E-state index contributed by atoms with van der Waals surface area (Å²) in [4.78, 5) is 10.8. The lowest BCUT2D eigenvalue weighted by Gasteiger charge is -2.12. The van der Waals surface area contributed by atoms with Crippen LogP contribution in [0.5, 0.6) is 23.0 Å². The number of hydrogen-bond donors (Lipinski definition) is 0. The standard InChI is InChI=1S/C17H18O5/c1-19-14-4-3-5-15(11-14)21-8-9-22-17-10-13(12-18)6-7-16(17)20-2/h3-7,10-12H,8-9H2,1-2H3. The third-order valence-corrected chi connectivity index (χ3v) is 2.97. The maximum Gasteiger partial charge on any atom is 0.162 e. The van der Waals surface area contributed by atoms with Gasteiger partial charge in [0.2, 0.25) is 0 Å². The van der Waals surface area contributed by atoms with Gasteiger partial charge in [-0.25, -0.2) is 0 Å². The quantitative estimate of drug-likeness (QED) is 0.554. The van der Waals surface area contributed by atoms with Crippen molar-refractivity contribution in [2.75, 3.05) is 27.4 Å². The Balaban J connectivity index is 1.89. The molecule has 0 fully saturated rings. The van der Waals surface area contributed by atoms with Crippen LogP contribution in [0.15, 0.2) is 42.5 Å². The molecule has 22 heavy (non-hydrogen) atoms. The second-order valence-corrected chi connectivity index (χ2v) is 4.40. The van der Waals surface area contributed by atoms with Crippen LogP contribution in [0.1, 0.15) is 10.4 Å². The molecule has 2 aromatic carbocycles. The molecule has 0 aliphatic heterocycles. The van der Waals surface area contributed by atoms with Crippen LogP contribution in [0, 0.1) is 0 Å². The van der Waals surface area contributed by atoms with Crippen LogP contribution in [0.4, 0.5) is 0 Å². The smallest absolute Gasteiger partial charge is 0.162 e. The van der Waals surface area contributed by atoms with E-state index in [1.807, 2.05) is 18.2 Å². The topological polar surface area (TPSA) is 54.0 Å². The molecule has 2 rings (SSSR count). The zero-order valence-electron chi connectivity index (χ0n) is 12.6. The van der Waals surface area contributed by atoms with Crippen LogP contribution in [0.3, 0.4) is 0 Å². The largest absolute Gasteiger partial charge is 0.497 e. The minimum absolute atomic E-state index is 0.329. The van der Waals surface area contributed by atoms with E-state index in [1.165, 1.54) is 0 Å². The van der Waals surface area contributed by atoms with Gasteiger partial charge in [-0.1, -0.05) is 6.07 Å². The summed E-state index contributed by atoms with van der Waals surface area (Å²) in [6.45, 7) is 0.692. The number of carbonyl (C=O) groups is 1. The summed E-state index contributed by atoms with van der Waals surface area (Å²) in [5.74, 6) is 2.53. The lowest BCUT2D eigenvalue weighted by atomic mass is 10.2. The average molecular weight is 302 g/mol. The Kier molecular flexibility index (Phi) is 5.65. The van der Waals surface area contributed by atoms with Crippen LogP contribution in [-0.4, -0.2) is 33.7 Å². The third-order valence-electron chi connectivity index (χ3n) is 2.97. The molecule has 2 aromatic rings. The molecule has 5 heteroatoms. The van der Waals surface area contributed by atoms with E-state index in [1.54, 1.807) is 38.5 Å². The Morgan fingerprint density at radius 3 is 2.36 bits per heavy atom. The van der Waals surface area contributed by atoms with E-state index in [0.29, 0.717) is 36.0 Å². The summed E-state index contributed by atoms with van der Waals surface area (Å²) < 4.78 is 21.5. The van der Waals surface area contributed by atoms with E-state index < -0.39 is 0 Å². The highest BCUT2D eigenvalue weighted by Crippen LogP contribution is 2.27. The third kappa shape index (κ3) is 4.15. The fourth-order valence-corrected chi connectivity index (χ4v) is 1.88. The predicted octanol–water partition coefficient (Wildman–Crippen LogP) is 2.97. The second-order valence-electron chi connectivity index (χ2n) is 4.40. The van der Waals surface area contributed by atoms with Gasteiger partial charge in [0.15, 0.2) is 11.5 Å². The number of hydrogen-bond acceptors (Lipinski definition) is 5. The first kappa shape index (κ1) is 15.7. The van der Waals surface area contributed by atoms with E-state index in [0.717, 1.165) is 12.0 Å². The number of benzene rings is 2. The minimum atomic E-state index is 0.329. The first-order valence-corrected chi connectivity index (χ1v) is 6.79. The van der Waals surface area contributed by atoms with Gasteiger partial charge in [0, 0.05) is 11.6 Å². The summed E-state index contributed by atoms with van der Waals surface area (Å²) >= 11 is 0. The van der Waals surface area contributed by atoms with E-state index in [-0.39, 0.29) is 0 Å². The molecular weight excluding hydrogens is 284 g/mol. The molecule has 0 spiro atoms. The minimum Gasteiger partial charge on any atom is -0.497 e. The van der Waals surface area contributed by atoms with Crippen molar-refractivity contribution in [3.63, 3.8) is 0 Å². The number of carbonyl (C=O) groups excluding carboxylic acids is 1. The number of aldehydes is 1. The molecule has 0 aromatic heterocycles. The fourth-order valence-electron chi connectivity index (χ4n) is 1.88. The molecule has 0 aliphatic rings. The van der Waals surface area contributed by atoms with Gasteiger partial charge < -0.3 is 18.9 Å². The summed E-state index contributed by atoms with van der Waals surface area (Å²) in [5, 5.41) is 0. The number of methoxy groups -OCH3 is 2. The van der Waals surface area contributed by atoms with Gasteiger partial charge in [0.05, 0.1) is 14.2 Å². The van der Waals surface area contributed by atoms with Crippen molar-refractivity contribution in [3.8, 4) is 23.0 Å². The zero-order valence-corrected chi connectivity index (χ0v) is 12.6. The van der Waals surface area contributed by atoms with E-state index >= 15 is 0 Å². The fraction of sp³-hybridized carbons (Fsp3) is 0.235. The maximum absolute atomic E-state index is 10.8. The SMILES string of the molecule is COc1cccc(OCCOc2cc(C=O)ccc2OC)c1. The van der Waals surface area contributed by atoms with Crippen LogP contribution in [0.2, 0.25) is 0 Å². The van der Waals surface area contributed by atoms with Gasteiger partial charge in [-0.05, 0) is 30.3 Å². The molecule has 0 saturated carbocycles. The Labute approximate surface area is 129 Å².